The molecule has 1 aromatic rings. The first kappa shape index (κ1) is 12.9. The summed E-state index contributed by atoms with van der Waals surface area (Å²) in [5, 5.41) is 3.50. The van der Waals surface area contributed by atoms with Crippen molar-refractivity contribution in [3.05, 3.63) is 24.3 Å². The van der Waals surface area contributed by atoms with Crippen molar-refractivity contribution in [2.24, 2.45) is 0 Å². The highest BCUT2D eigenvalue weighted by Crippen LogP contribution is 2.17. The van der Waals surface area contributed by atoms with Gasteiger partial charge in [-0.05, 0) is 37.6 Å². The molecule has 90 valence electrons. The van der Waals surface area contributed by atoms with Crippen LogP contribution in [0.4, 0.5) is 5.69 Å². The van der Waals surface area contributed by atoms with E-state index in [-0.39, 0.29) is 0 Å². The molecule has 2 nitrogen and oxygen atoms in total. The maximum Gasteiger partial charge on any atom is 0.119 e. The maximum atomic E-state index is 5.13. The lowest BCUT2D eigenvalue weighted by atomic mass is 10.1. The minimum absolute atomic E-state index is 0.542. The topological polar surface area (TPSA) is 21.3 Å². The fourth-order valence-corrected chi connectivity index (χ4v) is 1.74. The molecule has 0 aliphatic heterocycles. The van der Waals surface area contributed by atoms with Crippen molar-refractivity contribution in [2.45, 2.75) is 45.6 Å². The van der Waals surface area contributed by atoms with E-state index >= 15 is 0 Å². The zero-order valence-corrected chi connectivity index (χ0v) is 10.6. The van der Waals surface area contributed by atoms with Gasteiger partial charge in [-0.3, -0.25) is 0 Å². The monoisotopic (exact) mass is 221 g/mol. The van der Waals surface area contributed by atoms with Gasteiger partial charge in [-0.25, -0.2) is 0 Å². The summed E-state index contributed by atoms with van der Waals surface area (Å²) < 4.78 is 5.13. The van der Waals surface area contributed by atoms with Gasteiger partial charge in [0.2, 0.25) is 0 Å². The lowest BCUT2D eigenvalue weighted by molar-refractivity contribution is 0.415. The van der Waals surface area contributed by atoms with Crippen LogP contribution in [-0.4, -0.2) is 13.2 Å². The zero-order valence-electron chi connectivity index (χ0n) is 10.6. The van der Waals surface area contributed by atoms with Gasteiger partial charge < -0.3 is 10.1 Å². The Bertz CT molecular complexity index is 281. The molecule has 1 atom stereocenters. The third-order valence-corrected chi connectivity index (χ3v) is 2.74. The van der Waals surface area contributed by atoms with Gasteiger partial charge in [0.05, 0.1) is 7.11 Å². The van der Waals surface area contributed by atoms with Gasteiger partial charge in [0.15, 0.2) is 0 Å². The summed E-state index contributed by atoms with van der Waals surface area (Å²) in [5.74, 6) is 0.907. The fraction of sp³-hybridized carbons (Fsp3) is 0.571. The van der Waals surface area contributed by atoms with E-state index in [0.29, 0.717) is 6.04 Å². The summed E-state index contributed by atoms with van der Waals surface area (Å²) in [7, 11) is 1.69. The highest BCUT2D eigenvalue weighted by atomic mass is 16.5. The van der Waals surface area contributed by atoms with Crippen LogP contribution < -0.4 is 10.1 Å². The molecule has 0 spiro atoms. The summed E-state index contributed by atoms with van der Waals surface area (Å²) in [6.07, 6.45) is 5.16. The SMILES string of the molecule is CCCCC[C@H](C)Nc1ccc(OC)cc1. The zero-order chi connectivity index (χ0) is 11.8. The molecule has 0 bridgehead atoms. The molecule has 0 amide bonds. The minimum atomic E-state index is 0.542. The second-order valence-electron chi connectivity index (χ2n) is 4.27. The van der Waals surface area contributed by atoms with Gasteiger partial charge in [-0.2, -0.15) is 0 Å². The smallest absolute Gasteiger partial charge is 0.119 e. The average Bonchev–Trinajstić information content (AvgIpc) is 2.30. The van der Waals surface area contributed by atoms with Gasteiger partial charge in [0.25, 0.3) is 0 Å². The Morgan fingerprint density at radius 1 is 1.19 bits per heavy atom. The maximum absolute atomic E-state index is 5.13. The van der Waals surface area contributed by atoms with E-state index in [0.717, 1.165) is 5.75 Å². The van der Waals surface area contributed by atoms with E-state index in [9.17, 15) is 0 Å². The van der Waals surface area contributed by atoms with Crippen molar-refractivity contribution in [2.75, 3.05) is 12.4 Å². The van der Waals surface area contributed by atoms with Crippen LogP contribution in [0.1, 0.15) is 39.5 Å². The molecule has 0 saturated carbocycles. The van der Waals surface area contributed by atoms with E-state index in [4.69, 9.17) is 4.74 Å². The predicted octanol–water partition coefficient (Wildman–Crippen LogP) is 4.08. The van der Waals surface area contributed by atoms with Crippen molar-refractivity contribution in [1.82, 2.24) is 0 Å². The van der Waals surface area contributed by atoms with Crippen LogP contribution in [0.5, 0.6) is 5.75 Å². The number of hydrogen-bond donors (Lipinski definition) is 1. The number of ether oxygens (including phenoxy) is 1. The van der Waals surface area contributed by atoms with E-state index in [2.05, 4.69) is 31.3 Å². The molecule has 0 aliphatic rings. The molecule has 0 saturated heterocycles. The van der Waals surface area contributed by atoms with Crippen molar-refractivity contribution in [3.63, 3.8) is 0 Å². The Morgan fingerprint density at radius 2 is 1.88 bits per heavy atom. The number of nitrogens with one attached hydrogen (secondary N) is 1. The molecule has 1 N–H and O–H groups in total. The molecule has 16 heavy (non-hydrogen) atoms. The quantitative estimate of drug-likeness (QED) is 0.701. The van der Waals surface area contributed by atoms with Gasteiger partial charge in [-0.1, -0.05) is 26.2 Å². The fourth-order valence-electron chi connectivity index (χ4n) is 1.74. The Hall–Kier alpha value is -1.18. The molecular weight excluding hydrogens is 198 g/mol. The summed E-state index contributed by atoms with van der Waals surface area (Å²) in [5.41, 5.74) is 1.17. The molecule has 0 heterocycles. The first-order valence-electron chi connectivity index (χ1n) is 6.17. The van der Waals surface area contributed by atoms with Crippen LogP contribution in [0, 0.1) is 0 Å². The minimum Gasteiger partial charge on any atom is -0.497 e. The van der Waals surface area contributed by atoms with E-state index in [1.807, 2.05) is 12.1 Å². The van der Waals surface area contributed by atoms with Crippen molar-refractivity contribution >= 4 is 5.69 Å². The highest BCUT2D eigenvalue weighted by molar-refractivity contribution is 5.46. The molecule has 1 aromatic carbocycles. The number of hydrogen-bond acceptors (Lipinski definition) is 2. The second kappa shape index (κ2) is 7.15. The van der Waals surface area contributed by atoms with Crippen LogP contribution in [0.15, 0.2) is 24.3 Å². The summed E-state index contributed by atoms with van der Waals surface area (Å²) in [6.45, 7) is 4.47. The van der Waals surface area contributed by atoms with Gasteiger partial charge in [0, 0.05) is 11.7 Å². The molecular formula is C14H23NO. The van der Waals surface area contributed by atoms with Crippen LogP contribution >= 0.6 is 0 Å². The lowest BCUT2D eigenvalue weighted by Gasteiger charge is -2.15. The van der Waals surface area contributed by atoms with E-state index < -0.39 is 0 Å². The van der Waals surface area contributed by atoms with E-state index in [1.165, 1.54) is 31.4 Å². The third kappa shape index (κ3) is 4.56. The summed E-state index contributed by atoms with van der Waals surface area (Å²) >= 11 is 0. The van der Waals surface area contributed by atoms with Gasteiger partial charge in [0.1, 0.15) is 5.75 Å². The van der Waals surface area contributed by atoms with Crippen LogP contribution in [0.2, 0.25) is 0 Å². The second-order valence-corrected chi connectivity index (χ2v) is 4.27. The third-order valence-electron chi connectivity index (χ3n) is 2.74. The number of benzene rings is 1. The molecule has 0 unspecified atom stereocenters. The number of anilines is 1. The lowest BCUT2D eigenvalue weighted by Crippen LogP contribution is -2.14. The largest absolute Gasteiger partial charge is 0.497 e. The average molecular weight is 221 g/mol. The van der Waals surface area contributed by atoms with Crippen molar-refractivity contribution in [1.29, 1.82) is 0 Å². The molecule has 2 heteroatoms. The standard InChI is InChI=1S/C14H23NO/c1-4-5-6-7-12(2)15-13-8-10-14(16-3)11-9-13/h8-12,15H,4-7H2,1-3H3/t12-/m0/s1. The summed E-state index contributed by atoms with van der Waals surface area (Å²) in [4.78, 5) is 0. The molecule has 0 aliphatic carbocycles. The Kier molecular flexibility index (Phi) is 5.76. The van der Waals surface area contributed by atoms with Crippen LogP contribution in [0.25, 0.3) is 0 Å². The molecule has 1 rings (SSSR count). The van der Waals surface area contributed by atoms with Crippen molar-refractivity contribution in [3.8, 4) is 5.75 Å². The van der Waals surface area contributed by atoms with E-state index in [1.54, 1.807) is 7.11 Å². The Balaban J connectivity index is 2.34. The molecule has 0 fully saturated rings. The predicted molar refractivity (Wildman–Crippen MR) is 70.2 cm³/mol. The molecule has 0 radical (unpaired) electrons. The van der Waals surface area contributed by atoms with Gasteiger partial charge in [-0.15, -0.1) is 0 Å². The highest BCUT2D eigenvalue weighted by Gasteiger charge is 2.01. The Labute approximate surface area is 99.0 Å². The Morgan fingerprint density at radius 3 is 2.44 bits per heavy atom. The number of methoxy groups -OCH3 is 1. The van der Waals surface area contributed by atoms with Gasteiger partial charge >= 0.3 is 0 Å². The molecule has 0 aromatic heterocycles. The number of rotatable bonds is 7. The number of unbranched alkanes of at least 4 members (excludes halogenated alkanes) is 2. The first-order chi connectivity index (χ1) is 7.76. The van der Waals surface area contributed by atoms with Crippen LogP contribution in [-0.2, 0) is 0 Å². The summed E-state index contributed by atoms with van der Waals surface area (Å²) in [6, 6.07) is 8.65. The van der Waals surface area contributed by atoms with Crippen LogP contribution in [0.3, 0.4) is 0 Å². The van der Waals surface area contributed by atoms with Crippen molar-refractivity contribution < 1.29 is 4.74 Å². The first-order valence-corrected chi connectivity index (χ1v) is 6.17. The normalized spacial score (nSPS) is 12.2.